The first-order valence-corrected chi connectivity index (χ1v) is 10.1. The Bertz CT molecular complexity index is 855. The van der Waals surface area contributed by atoms with Gasteiger partial charge in [0.2, 0.25) is 0 Å². The molecule has 2 aromatic rings. The lowest BCUT2D eigenvalue weighted by Gasteiger charge is -2.29. The summed E-state index contributed by atoms with van der Waals surface area (Å²) in [6, 6.07) is 6.20. The summed E-state index contributed by atoms with van der Waals surface area (Å²) in [5.74, 6) is 1.36. The molecule has 0 radical (unpaired) electrons. The van der Waals surface area contributed by atoms with Gasteiger partial charge in [-0.1, -0.05) is 43.0 Å². The second-order valence-corrected chi connectivity index (χ2v) is 8.16. The van der Waals surface area contributed by atoms with Gasteiger partial charge in [-0.2, -0.15) is 0 Å². The Labute approximate surface area is 159 Å². The lowest BCUT2D eigenvalue weighted by Crippen LogP contribution is -2.36. The number of H-pyrrole nitrogens is 1. The van der Waals surface area contributed by atoms with Crippen molar-refractivity contribution in [1.29, 1.82) is 0 Å². The summed E-state index contributed by atoms with van der Waals surface area (Å²) in [6.07, 6.45) is 6.96. The van der Waals surface area contributed by atoms with Gasteiger partial charge in [0.15, 0.2) is 0 Å². The number of benzene rings is 1. The standard InChI is InChI=1S/C21H26ClN3O/c1-14-7-8-15(11-18(14)22)12-25-10-9-19-17(13-25)21(26)24-20(23-19)16-5-3-2-4-6-16/h7-8,11,16H,2-6,9-10,12-13H2,1H3,(H,23,24,26). The number of aromatic nitrogens is 2. The van der Waals surface area contributed by atoms with Crippen LogP contribution in [0.5, 0.6) is 0 Å². The van der Waals surface area contributed by atoms with Crippen molar-refractivity contribution in [2.75, 3.05) is 6.54 Å². The molecule has 1 aromatic carbocycles. The van der Waals surface area contributed by atoms with E-state index in [2.05, 4.69) is 22.0 Å². The molecule has 0 bridgehead atoms. The Morgan fingerprint density at radius 3 is 2.85 bits per heavy atom. The molecular formula is C21H26ClN3O. The third-order valence-corrected chi connectivity index (χ3v) is 6.21. The third-order valence-electron chi connectivity index (χ3n) is 5.80. The highest BCUT2D eigenvalue weighted by molar-refractivity contribution is 6.31. The maximum absolute atomic E-state index is 12.7. The molecule has 1 aromatic heterocycles. The van der Waals surface area contributed by atoms with Crippen molar-refractivity contribution < 1.29 is 0 Å². The monoisotopic (exact) mass is 371 g/mol. The van der Waals surface area contributed by atoms with Gasteiger partial charge in [0, 0.05) is 37.0 Å². The first-order valence-electron chi connectivity index (χ1n) is 9.69. The van der Waals surface area contributed by atoms with Crippen molar-refractivity contribution >= 4 is 11.6 Å². The molecule has 0 spiro atoms. The lowest BCUT2D eigenvalue weighted by atomic mass is 9.88. The van der Waals surface area contributed by atoms with Crippen LogP contribution in [0.1, 0.15) is 66.2 Å². The summed E-state index contributed by atoms with van der Waals surface area (Å²) in [6.45, 7) is 4.41. The third kappa shape index (κ3) is 3.72. The lowest BCUT2D eigenvalue weighted by molar-refractivity contribution is 0.241. The smallest absolute Gasteiger partial charge is 0.255 e. The van der Waals surface area contributed by atoms with Gasteiger partial charge in [0.05, 0.1) is 11.3 Å². The van der Waals surface area contributed by atoms with E-state index in [1.165, 1.54) is 24.8 Å². The molecule has 0 atom stereocenters. The number of aromatic amines is 1. The molecule has 1 N–H and O–H groups in total. The quantitative estimate of drug-likeness (QED) is 0.873. The zero-order valence-corrected chi connectivity index (χ0v) is 16.1. The summed E-state index contributed by atoms with van der Waals surface area (Å²) in [5, 5.41) is 0.802. The first-order chi connectivity index (χ1) is 12.6. The topological polar surface area (TPSA) is 49.0 Å². The molecule has 4 nitrogen and oxygen atoms in total. The number of fused-ring (bicyclic) bond motifs is 1. The minimum Gasteiger partial charge on any atom is -0.310 e. The Hall–Kier alpha value is -1.65. The molecule has 2 aliphatic rings. The van der Waals surface area contributed by atoms with Gasteiger partial charge in [-0.05, 0) is 37.0 Å². The van der Waals surface area contributed by atoms with Gasteiger partial charge in [0.25, 0.3) is 5.56 Å². The van der Waals surface area contributed by atoms with Crippen LogP contribution in [0.4, 0.5) is 0 Å². The first kappa shape index (κ1) is 17.7. The van der Waals surface area contributed by atoms with Crippen LogP contribution in [-0.2, 0) is 19.5 Å². The minimum absolute atomic E-state index is 0.0576. The molecule has 5 heteroatoms. The van der Waals surface area contributed by atoms with Crippen LogP contribution in [0.15, 0.2) is 23.0 Å². The summed E-state index contributed by atoms with van der Waals surface area (Å²) < 4.78 is 0. The molecule has 1 aliphatic heterocycles. The van der Waals surface area contributed by atoms with Crippen LogP contribution in [0.25, 0.3) is 0 Å². The molecule has 0 amide bonds. The van der Waals surface area contributed by atoms with Crippen molar-refractivity contribution in [3.8, 4) is 0 Å². The number of nitrogens with zero attached hydrogens (tertiary/aromatic N) is 2. The summed E-state index contributed by atoms with van der Waals surface area (Å²) in [4.78, 5) is 22.9. The van der Waals surface area contributed by atoms with Crippen molar-refractivity contribution in [3.05, 3.63) is 61.8 Å². The largest absolute Gasteiger partial charge is 0.310 e. The molecule has 0 unspecified atom stereocenters. The summed E-state index contributed by atoms with van der Waals surface area (Å²) >= 11 is 6.25. The molecule has 1 aliphatic carbocycles. The molecule has 1 saturated carbocycles. The fourth-order valence-corrected chi connectivity index (χ4v) is 4.40. The number of aryl methyl sites for hydroxylation is 1. The van der Waals surface area contributed by atoms with E-state index in [0.717, 1.165) is 60.0 Å². The molecule has 1 fully saturated rings. The van der Waals surface area contributed by atoms with E-state index < -0.39 is 0 Å². The number of halogens is 1. The maximum Gasteiger partial charge on any atom is 0.255 e. The zero-order chi connectivity index (χ0) is 18.1. The van der Waals surface area contributed by atoms with E-state index in [1.54, 1.807) is 0 Å². The molecular weight excluding hydrogens is 346 g/mol. The molecule has 4 rings (SSSR count). The van der Waals surface area contributed by atoms with Crippen LogP contribution in [0, 0.1) is 6.92 Å². The average molecular weight is 372 g/mol. The van der Waals surface area contributed by atoms with Crippen LogP contribution in [-0.4, -0.2) is 21.4 Å². The highest BCUT2D eigenvalue weighted by atomic mass is 35.5. The predicted molar refractivity (Wildman–Crippen MR) is 105 cm³/mol. The summed E-state index contributed by atoms with van der Waals surface area (Å²) in [5.41, 5.74) is 4.19. The van der Waals surface area contributed by atoms with Gasteiger partial charge in [-0.3, -0.25) is 9.69 Å². The van der Waals surface area contributed by atoms with Crippen molar-refractivity contribution in [3.63, 3.8) is 0 Å². The van der Waals surface area contributed by atoms with Crippen LogP contribution in [0.3, 0.4) is 0 Å². The van der Waals surface area contributed by atoms with Crippen molar-refractivity contribution in [2.45, 2.75) is 64.5 Å². The van der Waals surface area contributed by atoms with E-state index in [-0.39, 0.29) is 5.56 Å². The molecule has 2 heterocycles. The maximum atomic E-state index is 12.7. The number of hydrogen-bond donors (Lipinski definition) is 1. The normalized spacial score (nSPS) is 18.7. The number of nitrogens with one attached hydrogen (secondary N) is 1. The van der Waals surface area contributed by atoms with Gasteiger partial charge < -0.3 is 4.98 Å². The highest BCUT2D eigenvalue weighted by Crippen LogP contribution is 2.31. The van der Waals surface area contributed by atoms with Gasteiger partial charge in [-0.15, -0.1) is 0 Å². The zero-order valence-electron chi connectivity index (χ0n) is 15.4. The highest BCUT2D eigenvalue weighted by Gasteiger charge is 2.24. The van der Waals surface area contributed by atoms with E-state index >= 15 is 0 Å². The fourth-order valence-electron chi connectivity index (χ4n) is 4.20. The van der Waals surface area contributed by atoms with Gasteiger partial charge in [-0.25, -0.2) is 4.98 Å². The molecule has 138 valence electrons. The second kappa shape index (κ2) is 7.53. The Morgan fingerprint density at radius 2 is 2.08 bits per heavy atom. The number of hydrogen-bond acceptors (Lipinski definition) is 3. The van der Waals surface area contributed by atoms with Crippen LogP contribution < -0.4 is 5.56 Å². The fraction of sp³-hybridized carbons (Fsp3) is 0.524. The van der Waals surface area contributed by atoms with Gasteiger partial charge >= 0.3 is 0 Å². The minimum atomic E-state index is 0.0576. The van der Waals surface area contributed by atoms with Crippen LogP contribution >= 0.6 is 11.6 Å². The van der Waals surface area contributed by atoms with Crippen molar-refractivity contribution in [2.24, 2.45) is 0 Å². The van der Waals surface area contributed by atoms with E-state index in [9.17, 15) is 4.79 Å². The molecule has 26 heavy (non-hydrogen) atoms. The SMILES string of the molecule is Cc1ccc(CN2CCc3nc(C4CCCCC4)[nH]c(=O)c3C2)cc1Cl. The predicted octanol–water partition coefficient (Wildman–Crippen LogP) is 4.34. The van der Waals surface area contributed by atoms with Gasteiger partial charge in [0.1, 0.15) is 5.82 Å². The molecule has 0 saturated heterocycles. The Kier molecular flexibility index (Phi) is 5.14. The van der Waals surface area contributed by atoms with Crippen LogP contribution in [0.2, 0.25) is 5.02 Å². The Balaban J connectivity index is 1.51. The summed E-state index contributed by atoms with van der Waals surface area (Å²) in [7, 11) is 0. The average Bonchev–Trinajstić information content (AvgIpc) is 2.66. The van der Waals surface area contributed by atoms with Crippen molar-refractivity contribution in [1.82, 2.24) is 14.9 Å². The Morgan fingerprint density at radius 1 is 1.27 bits per heavy atom. The van der Waals surface area contributed by atoms with E-state index in [1.807, 2.05) is 13.0 Å². The van der Waals surface area contributed by atoms with E-state index in [0.29, 0.717) is 12.5 Å². The second-order valence-electron chi connectivity index (χ2n) is 7.76. The number of rotatable bonds is 3. The van der Waals surface area contributed by atoms with E-state index in [4.69, 9.17) is 16.6 Å².